The van der Waals surface area contributed by atoms with Gasteiger partial charge in [0.2, 0.25) is 10.0 Å². The normalized spacial score (nSPS) is 22.7. The molecule has 3 aromatic rings. The molecule has 1 aliphatic carbocycles. The number of pyridine rings is 2. The molecule has 0 aromatic carbocycles. The number of hydrogen-bond acceptors (Lipinski definition) is 11. The minimum Gasteiger partial charge on any atom is -0.379 e. The second-order valence-corrected chi connectivity index (χ2v) is 14.0. The second-order valence-electron chi connectivity index (χ2n) is 12.3. The van der Waals surface area contributed by atoms with Crippen molar-refractivity contribution in [2.45, 2.75) is 56.4 Å². The second kappa shape index (κ2) is 12.3. The van der Waals surface area contributed by atoms with Crippen LogP contribution < -0.4 is 9.62 Å². The van der Waals surface area contributed by atoms with Crippen molar-refractivity contribution < 1.29 is 27.7 Å². The van der Waals surface area contributed by atoms with E-state index in [0.29, 0.717) is 30.8 Å². The number of fused-ring (bicyclic) bond motifs is 1. The molecule has 3 aliphatic heterocycles. The van der Waals surface area contributed by atoms with Gasteiger partial charge in [0.1, 0.15) is 5.69 Å². The van der Waals surface area contributed by atoms with E-state index in [0.717, 1.165) is 112 Å². The lowest BCUT2D eigenvalue weighted by molar-refractivity contribution is -0.317. The predicted molar refractivity (Wildman–Crippen MR) is 162 cm³/mol. The highest BCUT2D eigenvalue weighted by atomic mass is 32.2. The molecular weight excluding hydrogens is 586 g/mol. The van der Waals surface area contributed by atoms with Crippen LogP contribution in [-0.2, 0) is 24.5 Å². The van der Waals surface area contributed by atoms with Crippen molar-refractivity contribution in [2.24, 2.45) is 0 Å². The van der Waals surface area contributed by atoms with Crippen molar-refractivity contribution in [1.29, 1.82) is 0 Å². The number of nitrogens with one attached hydrogen (secondary N) is 1. The Morgan fingerprint density at radius 3 is 2.45 bits per heavy atom. The van der Waals surface area contributed by atoms with Gasteiger partial charge in [-0.05, 0) is 50.3 Å². The molecule has 13 nitrogen and oxygen atoms in total. The molecule has 4 aliphatic rings. The molecule has 7 rings (SSSR count). The third-order valence-electron chi connectivity index (χ3n) is 9.34. The van der Waals surface area contributed by atoms with Crippen LogP contribution in [0, 0.1) is 0 Å². The minimum absolute atomic E-state index is 0.0432. The standard InChI is InChI=1S/C30H39N7O6S/c1-44(39,40)34-30(38)25-18-26(36-10-6-22(7-11-36)35-12-15-41-16-13-35)27-28(20-3-2-4-20)33-37(29(27)32-25)23-5-9-31-24(17-23)21-8-14-42-43-19-21/h5,9,17-18,20-22H,2-4,6-8,10-16,19H2,1H3,(H,34,38). The highest BCUT2D eigenvalue weighted by molar-refractivity contribution is 7.89. The maximum atomic E-state index is 13.3. The molecule has 1 unspecified atom stereocenters. The number of sulfonamides is 1. The van der Waals surface area contributed by atoms with Gasteiger partial charge >= 0.3 is 0 Å². The van der Waals surface area contributed by atoms with Crippen LogP contribution in [0.25, 0.3) is 16.7 Å². The van der Waals surface area contributed by atoms with E-state index in [4.69, 9.17) is 24.6 Å². The summed E-state index contributed by atoms with van der Waals surface area (Å²) in [6, 6.07) is 6.12. The summed E-state index contributed by atoms with van der Waals surface area (Å²) in [5, 5.41) is 6.09. The average Bonchev–Trinajstić information content (AvgIpc) is 3.39. The van der Waals surface area contributed by atoms with Crippen LogP contribution >= 0.6 is 0 Å². The first kappa shape index (κ1) is 29.5. The Hall–Kier alpha value is -3.17. The largest absolute Gasteiger partial charge is 0.379 e. The predicted octanol–water partition coefficient (Wildman–Crippen LogP) is 2.51. The SMILES string of the molecule is CS(=O)(=O)NC(=O)c1cc(N2CCC(N3CCOCC3)CC2)c2c(C3CCC3)nn(-c3ccnc(C4CCOOC4)c3)c2n1. The maximum absolute atomic E-state index is 13.3. The zero-order valence-corrected chi connectivity index (χ0v) is 25.8. The van der Waals surface area contributed by atoms with Crippen molar-refractivity contribution >= 4 is 32.7 Å². The maximum Gasteiger partial charge on any atom is 0.283 e. The first-order valence-corrected chi connectivity index (χ1v) is 17.5. The molecule has 1 N–H and O–H groups in total. The fourth-order valence-corrected chi connectivity index (χ4v) is 7.20. The molecule has 0 spiro atoms. The molecule has 44 heavy (non-hydrogen) atoms. The number of rotatable bonds is 7. The van der Waals surface area contributed by atoms with Gasteiger partial charge in [-0.1, -0.05) is 6.42 Å². The van der Waals surface area contributed by atoms with Gasteiger partial charge < -0.3 is 9.64 Å². The molecule has 3 aromatic heterocycles. The molecule has 4 fully saturated rings. The number of carbonyl (C=O) groups is 1. The highest BCUT2D eigenvalue weighted by Gasteiger charge is 2.33. The van der Waals surface area contributed by atoms with Crippen molar-refractivity contribution in [3.63, 3.8) is 0 Å². The van der Waals surface area contributed by atoms with Crippen LogP contribution in [0.4, 0.5) is 5.69 Å². The van der Waals surface area contributed by atoms with E-state index in [1.807, 2.05) is 12.1 Å². The zero-order valence-electron chi connectivity index (χ0n) is 25.0. The number of morpholine rings is 1. The summed E-state index contributed by atoms with van der Waals surface area (Å²) in [6.07, 6.45) is 8.73. The van der Waals surface area contributed by atoms with E-state index in [1.165, 1.54) is 0 Å². The van der Waals surface area contributed by atoms with E-state index in [1.54, 1.807) is 16.9 Å². The number of nitrogens with zero attached hydrogens (tertiary/aromatic N) is 6. The number of amides is 1. The van der Waals surface area contributed by atoms with E-state index in [9.17, 15) is 13.2 Å². The molecule has 1 amide bonds. The van der Waals surface area contributed by atoms with Crippen LogP contribution in [0.15, 0.2) is 24.4 Å². The molecule has 6 heterocycles. The van der Waals surface area contributed by atoms with Gasteiger partial charge in [0.25, 0.3) is 5.91 Å². The molecule has 3 saturated heterocycles. The van der Waals surface area contributed by atoms with Gasteiger partial charge in [-0.3, -0.25) is 14.7 Å². The van der Waals surface area contributed by atoms with Crippen molar-refractivity contribution in [3.8, 4) is 5.69 Å². The summed E-state index contributed by atoms with van der Waals surface area (Å²) >= 11 is 0. The van der Waals surface area contributed by atoms with Crippen LogP contribution in [0.5, 0.6) is 0 Å². The van der Waals surface area contributed by atoms with Crippen molar-refractivity contribution in [3.05, 3.63) is 41.5 Å². The first-order valence-electron chi connectivity index (χ1n) is 15.6. The number of hydrogen-bond donors (Lipinski definition) is 1. The van der Waals surface area contributed by atoms with Gasteiger partial charge in [0.15, 0.2) is 5.65 Å². The van der Waals surface area contributed by atoms with Gasteiger partial charge in [0.05, 0.1) is 55.1 Å². The van der Waals surface area contributed by atoms with E-state index < -0.39 is 15.9 Å². The smallest absolute Gasteiger partial charge is 0.283 e. The van der Waals surface area contributed by atoms with Gasteiger partial charge in [-0.15, -0.1) is 0 Å². The highest BCUT2D eigenvalue weighted by Crippen LogP contribution is 2.43. The molecule has 0 bridgehead atoms. The van der Waals surface area contributed by atoms with E-state index >= 15 is 0 Å². The van der Waals surface area contributed by atoms with Crippen LogP contribution in [0.2, 0.25) is 0 Å². The van der Waals surface area contributed by atoms with E-state index in [2.05, 4.69) is 19.5 Å². The molecule has 1 saturated carbocycles. The number of anilines is 1. The summed E-state index contributed by atoms with van der Waals surface area (Å²) in [5.74, 6) is -0.373. The average molecular weight is 626 g/mol. The summed E-state index contributed by atoms with van der Waals surface area (Å²) in [4.78, 5) is 37.8. The lowest BCUT2D eigenvalue weighted by Crippen LogP contribution is -2.49. The third-order valence-corrected chi connectivity index (χ3v) is 9.90. The lowest BCUT2D eigenvalue weighted by atomic mass is 9.82. The number of carbonyl (C=O) groups excluding carboxylic acids is 1. The Bertz CT molecular complexity index is 1620. The Kier molecular flexibility index (Phi) is 8.27. The quantitative estimate of drug-likeness (QED) is 0.387. The van der Waals surface area contributed by atoms with Crippen molar-refractivity contribution in [1.82, 2.24) is 29.4 Å². The molecule has 236 valence electrons. The molecular formula is C30H39N7O6S. The van der Waals surface area contributed by atoms with Crippen LogP contribution in [0.3, 0.4) is 0 Å². The topological polar surface area (TPSA) is 141 Å². The van der Waals surface area contributed by atoms with Crippen LogP contribution in [-0.4, -0.2) is 104 Å². The van der Waals surface area contributed by atoms with Gasteiger partial charge in [-0.25, -0.2) is 32.6 Å². The Balaban J connectivity index is 1.32. The Labute approximate surface area is 256 Å². The first-order chi connectivity index (χ1) is 21.3. The molecule has 1 atom stereocenters. The van der Waals surface area contributed by atoms with Crippen LogP contribution in [0.1, 0.15) is 72.2 Å². The summed E-state index contributed by atoms with van der Waals surface area (Å²) in [7, 11) is -3.79. The number of aromatic nitrogens is 4. The Morgan fingerprint density at radius 1 is 0.977 bits per heavy atom. The summed E-state index contributed by atoms with van der Waals surface area (Å²) in [5.41, 5.74) is 4.10. The lowest BCUT2D eigenvalue weighted by Gasteiger charge is -2.41. The Morgan fingerprint density at radius 2 is 1.77 bits per heavy atom. The number of piperidine rings is 1. The summed E-state index contributed by atoms with van der Waals surface area (Å²) in [6.45, 7) is 5.98. The third kappa shape index (κ3) is 6.05. The van der Waals surface area contributed by atoms with E-state index in [-0.39, 0.29) is 11.6 Å². The van der Waals surface area contributed by atoms with Gasteiger partial charge in [0, 0.05) is 55.9 Å². The molecule has 14 heteroatoms. The number of ether oxygens (including phenoxy) is 1. The fraction of sp³-hybridized carbons (Fsp3) is 0.600. The monoisotopic (exact) mass is 625 g/mol. The van der Waals surface area contributed by atoms with Crippen molar-refractivity contribution in [2.75, 3.05) is 63.8 Å². The fourth-order valence-electron chi connectivity index (χ4n) is 6.76. The van der Waals surface area contributed by atoms with Gasteiger partial charge in [-0.2, -0.15) is 5.10 Å². The summed E-state index contributed by atoms with van der Waals surface area (Å²) < 4.78 is 33.6. The zero-order chi connectivity index (χ0) is 30.3. The minimum atomic E-state index is -3.79. The molecule has 0 radical (unpaired) electrons.